The SMILES string of the molecule is CCO[Si](CCCNC(=O)Oc1ccc(-c2c3nc(c(-c4ccc(OC(=O)NCCC[Si](OCC)(OCC)OCC)cc4)c4ccc([nH]4)c(-c4ccc(OC(=O)NCCC[Si](OCC)(OCC)OCC)cc4)c4nc(c(-c5ccc(OC(=O)NCCC[Si](OCC)(OCC)OCC)cc5)c5ccc2[nH]5)C=C4)C=C3)cc1)(OCC)OCC. The largest absolute Gasteiger partial charge is 0.500 e. The summed E-state index contributed by atoms with van der Waals surface area (Å²) < 4.78 is 95.8. The molecule has 6 N–H and O–H groups in total. The van der Waals surface area contributed by atoms with Gasteiger partial charge in [-0.05, 0) is 228 Å². The second kappa shape index (κ2) is 46.2. The lowest BCUT2D eigenvalue weighted by Gasteiger charge is -2.28. The van der Waals surface area contributed by atoms with Gasteiger partial charge in [0.2, 0.25) is 0 Å². The van der Waals surface area contributed by atoms with Gasteiger partial charge in [-0.25, -0.2) is 29.1 Å². The van der Waals surface area contributed by atoms with E-state index in [0.29, 0.717) is 245 Å². The standard InChI is InChI=1S/C84H114N8O20Si4/c1-13-97-113(98-14-2,99-15-3)57-25-53-85-81(93)109-65-37-29-61(30-38-65)77-69-45-47-71(89-69)78(62-31-39-66(40-32-62)110-82(94)86-54-26-58-114(100-16-4,101-17-5)102-18-6)73-49-51-75(91-73)80(64-35-43-68(44-36-64)112-84(96)88-56-28-60-116(106-22-10,107-23-11)108-24-12)76-52-50-74(92-76)79(72-48-46-70(77)90-72)63-33-41-67(42-34-63)111-83(95)87-55-27-59-115(103-19-7,104-20-8)105-21-9/h29-52,89,92H,13-28,53-60H2,1-12H3,(H,85,93)(H,86,94)(H,87,95)(H,88,96). The summed E-state index contributed by atoms with van der Waals surface area (Å²) in [5.74, 6) is 1.22. The van der Waals surface area contributed by atoms with Crippen LogP contribution in [-0.2, 0) is 53.1 Å². The van der Waals surface area contributed by atoms with Crippen molar-refractivity contribution in [2.75, 3.05) is 105 Å². The highest BCUT2D eigenvalue weighted by Gasteiger charge is 2.43. The van der Waals surface area contributed by atoms with Crippen molar-refractivity contribution in [2.45, 2.75) is 133 Å². The van der Waals surface area contributed by atoms with Crippen LogP contribution in [0, 0.1) is 0 Å². The number of aromatic amines is 2. The van der Waals surface area contributed by atoms with Crippen LogP contribution in [0.1, 0.15) is 132 Å². The summed E-state index contributed by atoms with van der Waals surface area (Å²) in [4.78, 5) is 72.3. The van der Waals surface area contributed by atoms with Gasteiger partial charge in [0, 0.05) is 174 Å². The average Bonchev–Trinajstić information content (AvgIpc) is 1.61. The summed E-state index contributed by atoms with van der Waals surface area (Å²) in [5, 5.41) is 11.5. The second-order valence-electron chi connectivity index (χ2n) is 26.2. The first-order valence-electron chi connectivity index (χ1n) is 40.5. The summed E-state index contributed by atoms with van der Waals surface area (Å²) in [6.07, 6.45) is 7.50. The molecule has 8 bridgehead atoms. The van der Waals surface area contributed by atoms with Crippen molar-refractivity contribution in [3.63, 3.8) is 0 Å². The predicted octanol–water partition coefficient (Wildman–Crippen LogP) is 17.4. The molecule has 4 amide bonds. The highest BCUT2D eigenvalue weighted by molar-refractivity contribution is 6.62. The van der Waals surface area contributed by atoms with E-state index >= 15 is 0 Å². The van der Waals surface area contributed by atoms with E-state index in [1.165, 1.54) is 0 Å². The molecule has 7 aromatic rings. The molecule has 0 atom stereocenters. The van der Waals surface area contributed by atoms with Crippen LogP contribution in [0.3, 0.4) is 0 Å². The summed E-state index contributed by atoms with van der Waals surface area (Å²) in [6.45, 7) is 29.4. The molecule has 0 radical (unpaired) electrons. The van der Waals surface area contributed by atoms with Crippen LogP contribution >= 0.6 is 0 Å². The number of amides is 4. The first kappa shape index (κ1) is 90.9. The first-order valence-corrected chi connectivity index (χ1v) is 48.2. The van der Waals surface area contributed by atoms with Gasteiger partial charge in [0.15, 0.2) is 0 Å². The number of carbonyl (C=O) groups excluding carboxylic acids is 4. The molecule has 9 rings (SSSR count). The van der Waals surface area contributed by atoms with E-state index in [2.05, 4.69) is 31.2 Å². The van der Waals surface area contributed by atoms with Crippen LogP contribution in [0.4, 0.5) is 19.2 Å². The van der Waals surface area contributed by atoms with Gasteiger partial charge in [-0.15, -0.1) is 0 Å². The van der Waals surface area contributed by atoms with E-state index in [1.807, 2.05) is 180 Å². The predicted molar refractivity (Wildman–Crippen MR) is 457 cm³/mol. The Balaban J connectivity index is 1.13. The highest BCUT2D eigenvalue weighted by Crippen LogP contribution is 2.40. The Morgan fingerprint density at radius 2 is 0.440 bits per heavy atom. The van der Waals surface area contributed by atoms with Crippen molar-refractivity contribution in [1.82, 2.24) is 41.2 Å². The van der Waals surface area contributed by atoms with Crippen molar-refractivity contribution in [3.8, 4) is 67.5 Å². The van der Waals surface area contributed by atoms with Gasteiger partial charge in [0.1, 0.15) is 23.0 Å². The van der Waals surface area contributed by atoms with E-state index in [0.717, 1.165) is 22.3 Å². The zero-order valence-corrected chi connectivity index (χ0v) is 72.9. The molecule has 4 aromatic carbocycles. The number of nitrogens with zero attached hydrogens (tertiary/aromatic N) is 2. The van der Waals surface area contributed by atoms with Crippen LogP contribution in [0.15, 0.2) is 121 Å². The smallest absolute Gasteiger partial charge is 0.410 e. The number of carbonyl (C=O) groups is 4. The molecule has 116 heavy (non-hydrogen) atoms. The number of hydrogen-bond acceptors (Lipinski definition) is 22. The van der Waals surface area contributed by atoms with Gasteiger partial charge in [0.05, 0.1) is 22.8 Å². The molecule has 0 saturated carbocycles. The Bertz CT molecular complexity index is 3910. The number of H-pyrrole nitrogens is 2. The van der Waals surface area contributed by atoms with Gasteiger partial charge in [-0.3, -0.25) is 0 Å². The monoisotopic (exact) mass is 1670 g/mol. The topological polar surface area (TPSA) is 321 Å². The second-order valence-corrected chi connectivity index (χ2v) is 37.1. The van der Waals surface area contributed by atoms with Crippen LogP contribution < -0.4 is 40.2 Å². The number of aromatic nitrogens is 4. The minimum atomic E-state index is -2.94. The number of fused-ring (bicyclic) bond motifs is 8. The molecule has 626 valence electrons. The lowest BCUT2D eigenvalue weighted by molar-refractivity contribution is 0.0700. The Labute approximate surface area is 684 Å². The van der Waals surface area contributed by atoms with Gasteiger partial charge in [-0.2, -0.15) is 0 Å². The van der Waals surface area contributed by atoms with Crippen molar-refractivity contribution in [1.29, 1.82) is 0 Å². The molecule has 28 nitrogen and oxygen atoms in total. The van der Waals surface area contributed by atoms with Crippen molar-refractivity contribution in [3.05, 3.63) is 144 Å². The number of benzene rings is 4. The zero-order chi connectivity index (χ0) is 82.8. The van der Waals surface area contributed by atoms with Crippen molar-refractivity contribution < 1.29 is 91.2 Å². The molecule has 0 saturated heterocycles. The molecule has 2 aliphatic rings. The normalized spacial score (nSPS) is 12.2. The molecular weight excluding hydrogens is 1550 g/mol. The fourth-order valence-electron chi connectivity index (χ4n) is 13.7. The first-order chi connectivity index (χ1) is 56.4. The van der Waals surface area contributed by atoms with E-state index in [1.54, 1.807) is 48.5 Å². The summed E-state index contributed by atoms with van der Waals surface area (Å²) in [7, 11) is -11.7. The molecule has 32 heteroatoms. The molecule has 0 unspecified atom stereocenters. The van der Waals surface area contributed by atoms with Crippen molar-refractivity contribution >= 4 is 106 Å². The molecule has 3 aromatic heterocycles. The minimum absolute atomic E-state index is 0.301. The number of rotatable bonds is 48. The lowest BCUT2D eigenvalue weighted by atomic mass is 10.0. The Hall–Kier alpha value is -9.05. The summed E-state index contributed by atoms with van der Waals surface area (Å²) >= 11 is 0. The molecule has 0 fully saturated rings. The zero-order valence-electron chi connectivity index (χ0n) is 68.9. The number of ether oxygens (including phenoxy) is 4. The maximum absolute atomic E-state index is 13.4. The third-order valence-corrected chi connectivity index (χ3v) is 30.9. The van der Waals surface area contributed by atoms with Gasteiger partial charge < -0.3 is 103 Å². The van der Waals surface area contributed by atoms with E-state index < -0.39 is 59.6 Å². The maximum Gasteiger partial charge on any atom is 0.500 e. The van der Waals surface area contributed by atoms with Gasteiger partial charge in [0.25, 0.3) is 0 Å². The Kier molecular flexibility index (Phi) is 36.2. The Morgan fingerprint density at radius 3 is 0.603 bits per heavy atom. The van der Waals surface area contributed by atoms with Crippen LogP contribution in [0.25, 0.3) is 90.9 Å². The fraction of sp³-hybridized carbons (Fsp3) is 0.429. The molecule has 0 aliphatic carbocycles. The third kappa shape index (κ3) is 25.5. The molecular formula is C84H114N8O20Si4. The van der Waals surface area contributed by atoms with Gasteiger partial charge in [-0.1, -0.05) is 48.5 Å². The Morgan fingerprint density at radius 1 is 0.267 bits per heavy atom. The van der Waals surface area contributed by atoms with E-state index in [-0.39, 0.29) is 0 Å². The third-order valence-electron chi connectivity index (χ3n) is 18.3. The number of nitrogens with one attached hydrogen (secondary N) is 6. The summed E-state index contributed by atoms with van der Waals surface area (Å²) in [5.41, 5.74) is 10.8. The average molecular weight is 1670 g/mol. The molecule has 5 heterocycles. The fourth-order valence-corrected chi connectivity index (χ4v) is 24.2. The maximum atomic E-state index is 13.4. The molecule has 0 spiro atoms. The lowest BCUT2D eigenvalue weighted by Crippen LogP contribution is -2.46. The quantitative estimate of drug-likeness (QED) is 0.0152. The van der Waals surface area contributed by atoms with Gasteiger partial charge >= 0.3 is 59.6 Å². The van der Waals surface area contributed by atoms with E-state index in [4.69, 9.17) is 82.0 Å². The molecule has 2 aliphatic heterocycles. The summed E-state index contributed by atoms with van der Waals surface area (Å²) in [6, 6.07) is 38.9. The van der Waals surface area contributed by atoms with Crippen LogP contribution in [-0.4, -0.2) is 185 Å². The number of hydrogen-bond donors (Lipinski definition) is 6. The highest BCUT2D eigenvalue weighted by atomic mass is 28.4. The van der Waals surface area contributed by atoms with Crippen LogP contribution in [0.5, 0.6) is 23.0 Å². The van der Waals surface area contributed by atoms with Crippen LogP contribution in [0.2, 0.25) is 24.2 Å². The minimum Gasteiger partial charge on any atom is -0.410 e. The van der Waals surface area contributed by atoms with Crippen molar-refractivity contribution in [2.24, 2.45) is 0 Å². The van der Waals surface area contributed by atoms with E-state index in [9.17, 15) is 19.2 Å².